The number of carbonyl (C=O) groups excluding carboxylic acids is 6. The molecule has 2 aromatic heterocycles. The molecule has 0 spiro atoms. The number of hydrogen-bond acceptors (Lipinski definition) is 11. The second-order valence-corrected chi connectivity index (χ2v) is 20.5. The number of aromatic nitrogens is 2. The molecule has 6 amide bonds. The predicted molar refractivity (Wildman–Crippen MR) is 267 cm³/mol. The zero-order chi connectivity index (χ0) is 48.9. The molecule has 18 heteroatoms. The molecule has 2 aromatic carbocycles. The Morgan fingerprint density at radius 2 is 1.65 bits per heavy atom. The molecular weight excluding hydrogens is 918 g/mol. The van der Waals surface area contributed by atoms with Gasteiger partial charge in [-0.1, -0.05) is 69.7 Å². The summed E-state index contributed by atoms with van der Waals surface area (Å²) in [4.78, 5) is 93.7. The summed E-state index contributed by atoms with van der Waals surface area (Å²) in [6, 6.07) is 13.2. The van der Waals surface area contributed by atoms with E-state index in [1.54, 1.807) is 22.4 Å². The molecule has 4 aromatic rings. The van der Waals surface area contributed by atoms with E-state index in [4.69, 9.17) is 11.5 Å². The van der Waals surface area contributed by atoms with E-state index in [0.29, 0.717) is 44.2 Å². The molecule has 0 unspecified atom stereocenters. The number of nitrogens with two attached hydrogens (primary N) is 2. The smallest absolute Gasteiger partial charge is 0.246 e. The minimum absolute atomic E-state index is 0. The molecule has 69 heavy (non-hydrogen) atoms. The van der Waals surface area contributed by atoms with Crippen LogP contribution in [0.2, 0.25) is 0 Å². The SMILES string of the molecule is Cc1ncsc1-c1ccc([C@H](C)NC(=O)[C@@H]2C[C@@H](O)CN2C(=O)[C@@H](NC(=O)CCCCCc2ccnc([C@H](CCC(N)=O)NC(=O)[C@@H]3Cc4cccc5c4N3C(=O)[C@@H](N)CC5)c2)C(C)(C)C)cc1.Cl. The second-order valence-electron chi connectivity index (χ2n) is 19.6. The highest BCUT2D eigenvalue weighted by Crippen LogP contribution is 2.39. The molecule has 3 aliphatic heterocycles. The number of halogens is 1. The lowest BCUT2D eigenvalue weighted by molar-refractivity contribution is -0.144. The minimum atomic E-state index is -0.933. The lowest BCUT2D eigenvalue weighted by Crippen LogP contribution is -2.57. The second kappa shape index (κ2) is 22.8. The molecule has 0 radical (unpaired) electrons. The molecule has 5 heterocycles. The number of aliphatic hydroxyl groups is 1. The van der Waals surface area contributed by atoms with Crippen LogP contribution in [-0.4, -0.2) is 92.2 Å². The highest BCUT2D eigenvalue weighted by Gasteiger charge is 2.45. The lowest BCUT2D eigenvalue weighted by atomic mass is 9.85. The largest absolute Gasteiger partial charge is 0.391 e. The number of anilines is 1. The first-order chi connectivity index (χ1) is 32.4. The maximum atomic E-state index is 14.2. The Morgan fingerprint density at radius 3 is 2.35 bits per heavy atom. The molecule has 1 saturated heterocycles. The fourth-order valence-corrected chi connectivity index (χ4v) is 10.4. The third-order valence-corrected chi connectivity index (χ3v) is 14.4. The van der Waals surface area contributed by atoms with Gasteiger partial charge < -0.3 is 37.4 Å². The third kappa shape index (κ3) is 12.5. The van der Waals surface area contributed by atoms with E-state index in [1.165, 1.54) is 4.90 Å². The molecular formula is C51H66ClN9O7S. The van der Waals surface area contributed by atoms with Crippen LogP contribution < -0.4 is 32.3 Å². The highest BCUT2D eigenvalue weighted by molar-refractivity contribution is 7.13. The monoisotopic (exact) mass is 983 g/mol. The van der Waals surface area contributed by atoms with E-state index in [0.717, 1.165) is 50.5 Å². The number of aryl methyl sites for hydroxylation is 3. The lowest BCUT2D eigenvalue weighted by Gasteiger charge is -2.35. The van der Waals surface area contributed by atoms with Crippen molar-refractivity contribution in [3.63, 3.8) is 0 Å². The summed E-state index contributed by atoms with van der Waals surface area (Å²) in [6.07, 6.45) is 5.46. The fourth-order valence-electron chi connectivity index (χ4n) is 9.59. The number of thiazole rings is 1. The molecule has 8 N–H and O–H groups in total. The summed E-state index contributed by atoms with van der Waals surface area (Å²) in [5.41, 5.74) is 20.0. The van der Waals surface area contributed by atoms with E-state index in [2.05, 4.69) is 25.9 Å². The molecule has 1 fully saturated rings. The van der Waals surface area contributed by atoms with Gasteiger partial charge in [0.25, 0.3) is 0 Å². The van der Waals surface area contributed by atoms with Crippen LogP contribution in [0, 0.1) is 12.3 Å². The number of β-amino-alcohol motifs (C(OH)–C–C–N with tert-alkyl or cyclic N) is 1. The number of nitrogens with one attached hydrogen (secondary N) is 3. The van der Waals surface area contributed by atoms with Gasteiger partial charge in [0.15, 0.2) is 0 Å². The Morgan fingerprint density at radius 1 is 0.928 bits per heavy atom. The van der Waals surface area contributed by atoms with Crippen LogP contribution in [0.1, 0.15) is 125 Å². The highest BCUT2D eigenvalue weighted by atomic mass is 35.5. The van der Waals surface area contributed by atoms with Gasteiger partial charge in [0.1, 0.15) is 18.1 Å². The summed E-state index contributed by atoms with van der Waals surface area (Å²) in [5.74, 6) is -2.23. The van der Waals surface area contributed by atoms with Crippen molar-refractivity contribution in [2.45, 2.75) is 148 Å². The summed E-state index contributed by atoms with van der Waals surface area (Å²) in [7, 11) is 0. The Labute approximate surface area is 414 Å². The normalized spacial score (nSPS) is 20.0. The standard InChI is InChI=1S/C51H65N9O7S.ClH/c1-29(32-14-16-34(17-15-32)45-30(2)55-28-68-45)56-47(64)40-26-36(61)27-59(40)50(67)46(51(3,4)5)58-43(63)13-8-6-7-10-31-22-23-54-39(24-31)38(20-21-42(53)62)57-48(65)41-25-35-12-9-11-33-18-19-37(52)49(66)60(41)44(33)35;/h9,11-12,14-17,22-24,28-29,36-38,40-41,46,61H,6-8,10,13,18-21,25-27,52H2,1-5H3,(H2,53,62)(H,56,64)(H,57,65)(H,58,63);1H/t29-,36+,37-,38-,40-,41-,46+;/m0./s1. The van der Waals surface area contributed by atoms with Crippen molar-refractivity contribution in [1.82, 2.24) is 30.8 Å². The van der Waals surface area contributed by atoms with Crippen LogP contribution in [-0.2, 0) is 48.0 Å². The van der Waals surface area contributed by atoms with Crippen molar-refractivity contribution in [1.29, 1.82) is 0 Å². The first-order valence-electron chi connectivity index (χ1n) is 23.7. The van der Waals surface area contributed by atoms with Gasteiger partial charge in [-0.3, -0.25) is 38.7 Å². The minimum Gasteiger partial charge on any atom is -0.391 e. The first kappa shape index (κ1) is 52.6. The van der Waals surface area contributed by atoms with Crippen LogP contribution in [0.15, 0.2) is 66.3 Å². The van der Waals surface area contributed by atoms with Gasteiger partial charge >= 0.3 is 0 Å². The van der Waals surface area contributed by atoms with Crippen molar-refractivity contribution in [3.8, 4) is 10.4 Å². The van der Waals surface area contributed by atoms with Gasteiger partial charge in [-0.05, 0) is 97.7 Å². The number of pyridine rings is 1. The molecule has 0 saturated carbocycles. The molecule has 7 atom stereocenters. The third-order valence-electron chi connectivity index (χ3n) is 13.4. The van der Waals surface area contributed by atoms with Crippen molar-refractivity contribution in [2.75, 3.05) is 11.4 Å². The number of benzene rings is 2. The number of rotatable bonds is 18. The van der Waals surface area contributed by atoms with Gasteiger partial charge in [-0.25, -0.2) is 4.98 Å². The predicted octanol–water partition coefficient (Wildman–Crippen LogP) is 5.06. The van der Waals surface area contributed by atoms with Crippen LogP contribution in [0.3, 0.4) is 0 Å². The van der Waals surface area contributed by atoms with Crippen molar-refractivity contribution >= 4 is 64.9 Å². The van der Waals surface area contributed by atoms with Crippen LogP contribution >= 0.6 is 23.7 Å². The zero-order valence-corrected chi connectivity index (χ0v) is 41.7. The van der Waals surface area contributed by atoms with E-state index in [1.807, 2.05) is 94.7 Å². The van der Waals surface area contributed by atoms with Gasteiger partial charge in [0.05, 0.1) is 51.7 Å². The number of nitrogens with zero attached hydrogens (tertiary/aromatic N) is 4. The average molecular weight is 985 g/mol. The Bertz CT molecular complexity index is 2510. The van der Waals surface area contributed by atoms with Crippen molar-refractivity contribution in [3.05, 3.63) is 99.9 Å². The maximum absolute atomic E-state index is 14.2. The topological polar surface area (TPSA) is 243 Å². The number of aliphatic hydroxyl groups excluding tert-OH is 1. The quantitative estimate of drug-likeness (QED) is 0.0724. The summed E-state index contributed by atoms with van der Waals surface area (Å²) in [6.45, 7) is 9.41. The Balaban J connectivity index is 0.00000782. The van der Waals surface area contributed by atoms with E-state index < -0.39 is 53.5 Å². The van der Waals surface area contributed by atoms with E-state index >= 15 is 0 Å². The number of para-hydroxylation sites is 1. The summed E-state index contributed by atoms with van der Waals surface area (Å²) < 4.78 is 0. The number of likely N-dealkylation sites (tertiary alicyclic amines) is 1. The van der Waals surface area contributed by atoms with Gasteiger partial charge in [-0.2, -0.15) is 0 Å². The van der Waals surface area contributed by atoms with Gasteiger partial charge in [0, 0.05) is 38.4 Å². The average Bonchev–Trinajstić information content (AvgIpc) is 4.02. The number of primary amides is 1. The van der Waals surface area contributed by atoms with Gasteiger partial charge in [0.2, 0.25) is 35.4 Å². The Kier molecular flexibility index (Phi) is 17.4. The van der Waals surface area contributed by atoms with Crippen molar-refractivity contribution in [2.24, 2.45) is 16.9 Å². The van der Waals surface area contributed by atoms with Crippen molar-refractivity contribution < 1.29 is 33.9 Å². The molecule has 0 aliphatic carbocycles. The van der Waals surface area contributed by atoms with Crippen LogP contribution in [0.25, 0.3) is 10.4 Å². The van der Waals surface area contributed by atoms with E-state index in [-0.39, 0.29) is 74.3 Å². The summed E-state index contributed by atoms with van der Waals surface area (Å²) in [5, 5.41) is 19.8. The Hall–Kier alpha value is -5.75. The molecule has 370 valence electrons. The number of hydrogen-bond donors (Lipinski definition) is 6. The molecule has 3 aliphatic rings. The molecule has 0 bridgehead atoms. The molecule has 16 nitrogen and oxygen atoms in total. The summed E-state index contributed by atoms with van der Waals surface area (Å²) >= 11 is 1.57. The number of carbonyl (C=O) groups is 6. The molecule has 7 rings (SSSR count). The van der Waals surface area contributed by atoms with Crippen LogP contribution in [0.5, 0.6) is 0 Å². The number of unbranched alkanes of at least 4 members (excludes halogenated alkanes) is 2. The fraction of sp³-hybridized carbons (Fsp3) is 0.490. The number of amides is 6. The van der Waals surface area contributed by atoms with Crippen LogP contribution in [0.4, 0.5) is 5.69 Å². The van der Waals surface area contributed by atoms with E-state index in [9.17, 15) is 33.9 Å². The maximum Gasteiger partial charge on any atom is 0.246 e. The zero-order valence-electron chi connectivity index (χ0n) is 40.0. The first-order valence-corrected chi connectivity index (χ1v) is 24.6. The van der Waals surface area contributed by atoms with Gasteiger partial charge in [-0.15, -0.1) is 23.7 Å².